The van der Waals surface area contributed by atoms with Gasteiger partial charge in [0.1, 0.15) is 0 Å². The molecule has 1 aromatic rings. The first-order chi connectivity index (χ1) is 9.83. The Balaban J connectivity index is 2.14. The number of nitrogens with zero attached hydrogens (tertiary/aromatic N) is 1. The summed E-state index contributed by atoms with van der Waals surface area (Å²) >= 11 is 0. The third kappa shape index (κ3) is 3.75. The maximum Gasteiger partial charge on any atom is 0.240 e. The molecule has 0 spiro atoms. The first-order valence-corrected chi connectivity index (χ1v) is 8.86. The molecule has 118 valence electrons. The molecule has 0 bridgehead atoms. The number of rotatable bonds is 5. The van der Waals surface area contributed by atoms with Gasteiger partial charge in [0.05, 0.1) is 4.90 Å². The topological polar surface area (TPSA) is 61.4 Å². The Kier molecular flexibility index (Phi) is 4.91. The largest absolute Gasteiger partial charge is 0.381 e. The van der Waals surface area contributed by atoms with Crippen molar-refractivity contribution in [1.29, 1.82) is 0 Å². The summed E-state index contributed by atoms with van der Waals surface area (Å²) < 4.78 is 26.4. The van der Waals surface area contributed by atoms with Gasteiger partial charge in [0.15, 0.2) is 0 Å². The molecular formula is C15H25N3O2S. The van der Waals surface area contributed by atoms with Crippen LogP contribution >= 0.6 is 0 Å². The first-order valence-electron chi connectivity index (χ1n) is 7.38. The zero-order chi connectivity index (χ0) is 15.6. The second-order valence-corrected chi connectivity index (χ2v) is 7.76. The van der Waals surface area contributed by atoms with Gasteiger partial charge in [0.25, 0.3) is 0 Å². The van der Waals surface area contributed by atoms with Gasteiger partial charge in [-0.25, -0.2) is 13.1 Å². The second kappa shape index (κ2) is 6.34. The number of hydrogen-bond donors (Lipinski definition) is 2. The average molecular weight is 311 g/mol. The maximum atomic E-state index is 12.0. The highest BCUT2D eigenvalue weighted by atomic mass is 32.2. The predicted octanol–water partition coefficient (Wildman–Crippen LogP) is 1.80. The summed E-state index contributed by atoms with van der Waals surface area (Å²) in [5, 5.41) is 3.46. The zero-order valence-electron chi connectivity index (χ0n) is 13.2. The third-order valence-electron chi connectivity index (χ3n) is 4.07. The summed E-state index contributed by atoms with van der Waals surface area (Å²) in [6.45, 7) is 8.30. The van der Waals surface area contributed by atoms with E-state index in [-0.39, 0.29) is 0 Å². The monoisotopic (exact) mass is 311 g/mol. The van der Waals surface area contributed by atoms with Crippen LogP contribution < -0.4 is 10.0 Å². The van der Waals surface area contributed by atoms with Crippen LogP contribution in [-0.4, -0.2) is 45.5 Å². The predicted molar refractivity (Wildman–Crippen MR) is 86.2 cm³/mol. The van der Waals surface area contributed by atoms with Crippen molar-refractivity contribution in [2.24, 2.45) is 0 Å². The highest BCUT2D eigenvalue weighted by molar-refractivity contribution is 7.89. The molecule has 1 fully saturated rings. The molecule has 0 aliphatic carbocycles. The van der Waals surface area contributed by atoms with Crippen LogP contribution in [0.25, 0.3) is 0 Å². The standard InChI is InChI=1S/C15H25N3O2S/c1-11(2)18-8-7-14(10-18)17-13-6-5-12(3)15(9-13)21(19,20)16-4/h5-6,9,11,14,16-17H,7-8,10H2,1-4H3. The lowest BCUT2D eigenvalue weighted by molar-refractivity contribution is 0.274. The van der Waals surface area contributed by atoms with Gasteiger partial charge in [-0.1, -0.05) is 6.07 Å². The molecule has 0 saturated carbocycles. The zero-order valence-corrected chi connectivity index (χ0v) is 14.0. The number of nitrogens with one attached hydrogen (secondary N) is 2. The molecule has 1 aromatic carbocycles. The number of benzene rings is 1. The highest BCUT2D eigenvalue weighted by Gasteiger charge is 2.24. The van der Waals surface area contributed by atoms with E-state index in [0.29, 0.717) is 17.0 Å². The lowest BCUT2D eigenvalue weighted by Crippen LogP contribution is -2.31. The fourth-order valence-electron chi connectivity index (χ4n) is 2.70. The molecule has 2 rings (SSSR count). The minimum atomic E-state index is -3.41. The van der Waals surface area contributed by atoms with E-state index in [2.05, 4.69) is 28.8 Å². The number of hydrogen-bond acceptors (Lipinski definition) is 4. The van der Waals surface area contributed by atoms with Crippen LogP contribution in [-0.2, 0) is 10.0 Å². The van der Waals surface area contributed by atoms with E-state index >= 15 is 0 Å². The molecule has 6 heteroatoms. The molecule has 0 radical (unpaired) electrons. The number of aryl methyl sites for hydroxylation is 1. The molecule has 5 nitrogen and oxygen atoms in total. The van der Waals surface area contributed by atoms with Crippen LogP contribution in [0.2, 0.25) is 0 Å². The van der Waals surface area contributed by atoms with Gasteiger partial charge >= 0.3 is 0 Å². The van der Waals surface area contributed by atoms with E-state index in [1.54, 1.807) is 6.07 Å². The molecule has 0 aromatic heterocycles. The second-order valence-electron chi connectivity index (χ2n) is 5.91. The SMILES string of the molecule is CNS(=O)(=O)c1cc(NC2CCN(C(C)C)C2)ccc1C. The number of sulfonamides is 1. The van der Waals surface area contributed by atoms with Crippen molar-refractivity contribution >= 4 is 15.7 Å². The average Bonchev–Trinajstić information content (AvgIpc) is 2.89. The Bertz CT molecular complexity index is 599. The fourth-order valence-corrected chi connectivity index (χ4v) is 3.69. The van der Waals surface area contributed by atoms with Crippen LogP contribution in [0.1, 0.15) is 25.8 Å². The quantitative estimate of drug-likeness (QED) is 0.870. The van der Waals surface area contributed by atoms with Crippen LogP contribution in [0, 0.1) is 6.92 Å². The molecule has 1 unspecified atom stereocenters. The first kappa shape index (κ1) is 16.3. The van der Waals surface area contributed by atoms with Crippen LogP contribution in [0.15, 0.2) is 23.1 Å². The molecule has 2 N–H and O–H groups in total. The molecule has 1 saturated heterocycles. The van der Waals surface area contributed by atoms with Gasteiger partial charge in [-0.15, -0.1) is 0 Å². The minimum absolute atomic E-state index is 0.341. The Morgan fingerprint density at radius 3 is 2.62 bits per heavy atom. The summed E-state index contributed by atoms with van der Waals surface area (Å²) in [7, 11) is -1.97. The van der Waals surface area contributed by atoms with Crippen LogP contribution in [0.3, 0.4) is 0 Å². The Hall–Kier alpha value is -1.11. The summed E-state index contributed by atoms with van der Waals surface area (Å²) in [6.07, 6.45) is 1.08. The van der Waals surface area contributed by atoms with Gasteiger partial charge in [-0.3, -0.25) is 4.90 Å². The normalized spacial score (nSPS) is 20.1. The van der Waals surface area contributed by atoms with Gasteiger partial charge in [0, 0.05) is 30.9 Å². The van der Waals surface area contributed by atoms with E-state index in [1.807, 2.05) is 19.1 Å². The number of anilines is 1. The molecule has 1 aliphatic rings. The van der Waals surface area contributed by atoms with Gasteiger partial charge in [-0.2, -0.15) is 0 Å². The molecular weight excluding hydrogens is 286 g/mol. The number of likely N-dealkylation sites (tertiary alicyclic amines) is 1. The van der Waals surface area contributed by atoms with Crippen molar-refractivity contribution in [1.82, 2.24) is 9.62 Å². The van der Waals surface area contributed by atoms with Crippen molar-refractivity contribution < 1.29 is 8.42 Å². The third-order valence-corrected chi connectivity index (χ3v) is 5.62. The van der Waals surface area contributed by atoms with Crippen LogP contribution in [0.5, 0.6) is 0 Å². The van der Waals surface area contributed by atoms with E-state index in [1.165, 1.54) is 7.05 Å². The van der Waals surface area contributed by atoms with Gasteiger partial charge in [-0.05, 0) is 51.9 Å². The summed E-state index contributed by atoms with van der Waals surface area (Å²) in [5.74, 6) is 0. The fraction of sp³-hybridized carbons (Fsp3) is 0.600. The summed E-state index contributed by atoms with van der Waals surface area (Å²) in [6, 6.07) is 6.44. The Labute approximate surface area is 127 Å². The van der Waals surface area contributed by atoms with E-state index < -0.39 is 10.0 Å². The van der Waals surface area contributed by atoms with E-state index in [9.17, 15) is 8.42 Å². The smallest absolute Gasteiger partial charge is 0.240 e. The highest BCUT2D eigenvalue weighted by Crippen LogP contribution is 2.22. The Morgan fingerprint density at radius 1 is 1.33 bits per heavy atom. The lowest BCUT2D eigenvalue weighted by Gasteiger charge is -2.21. The van der Waals surface area contributed by atoms with Crippen molar-refractivity contribution in [2.45, 2.75) is 44.2 Å². The lowest BCUT2D eigenvalue weighted by atomic mass is 10.2. The van der Waals surface area contributed by atoms with Gasteiger partial charge < -0.3 is 5.32 Å². The van der Waals surface area contributed by atoms with E-state index in [4.69, 9.17) is 0 Å². The van der Waals surface area contributed by atoms with Crippen molar-refractivity contribution in [2.75, 3.05) is 25.5 Å². The van der Waals surface area contributed by atoms with Crippen molar-refractivity contribution in [3.8, 4) is 0 Å². The van der Waals surface area contributed by atoms with Crippen molar-refractivity contribution in [3.05, 3.63) is 23.8 Å². The maximum absolute atomic E-state index is 12.0. The molecule has 1 aliphatic heterocycles. The molecule has 1 heterocycles. The van der Waals surface area contributed by atoms with E-state index in [0.717, 1.165) is 30.8 Å². The summed E-state index contributed by atoms with van der Waals surface area (Å²) in [4.78, 5) is 2.77. The molecule has 21 heavy (non-hydrogen) atoms. The summed E-state index contributed by atoms with van der Waals surface area (Å²) in [5.41, 5.74) is 1.62. The minimum Gasteiger partial charge on any atom is -0.381 e. The van der Waals surface area contributed by atoms with Crippen LogP contribution in [0.4, 0.5) is 5.69 Å². The Morgan fingerprint density at radius 2 is 2.05 bits per heavy atom. The van der Waals surface area contributed by atoms with Crippen molar-refractivity contribution in [3.63, 3.8) is 0 Å². The molecule has 0 amide bonds. The molecule has 1 atom stereocenters. The van der Waals surface area contributed by atoms with Gasteiger partial charge in [0.2, 0.25) is 10.0 Å².